The van der Waals surface area contributed by atoms with Crippen LogP contribution in [0.3, 0.4) is 0 Å². The normalized spacial score (nSPS) is 15.5. The van der Waals surface area contributed by atoms with E-state index in [0.29, 0.717) is 0 Å². The molecule has 2 heterocycles. The molecular weight excluding hydrogens is 378 g/mol. The number of carbonyl (C=O) groups is 1. The Morgan fingerprint density at radius 3 is 2.59 bits per heavy atom. The third-order valence-electron chi connectivity index (χ3n) is 6.10. The van der Waals surface area contributed by atoms with E-state index in [-0.39, 0.29) is 6.42 Å². The van der Waals surface area contributed by atoms with Gasteiger partial charge in [-0.25, -0.2) is 4.98 Å². The topological polar surface area (TPSA) is 50.2 Å². The van der Waals surface area contributed by atoms with Gasteiger partial charge in [-0.2, -0.15) is 0 Å². The van der Waals surface area contributed by atoms with Gasteiger partial charge in [0, 0.05) is 22.4 Å². The van der Waals surface area contributed by atoms with Crippen molar-refractivity contribution in [2.24, 2.45) is 0 Å². The largest absolute Gasteiger partial charge is 0.481 e. The lowest BCUT2D eigenvalue weighted by Gasteiger charge is -2.28. The maximum absolute atomic E-state index is 12.4. The van der Waals surface area contributed by atoms with Gasteiger partial charge in [0.25, 0.3) is 0 Å². The summed E-state index contributed by atoms with van der Waals surface area (Å²) in [5.41, 5.74) is 4.90. The van der Waals surface area contributed by atoms with Crippen molar-refractivity contribution in [2.75, 3.05) is 0 Å². The number of rotatable bonds is 4. The van der Waals surface area contributed by atoms with Crippen LogP contribution in [-0.2, 0) is 23.1 Å². The van der Waals surface area contributed by atoms with Crippen LogP contribution < -0.4 is 0 Å². The SMILES string of the molecule is C#CCC(C)(C(=O)O)c1c(C)nc2sc3c(c2c1-c1ccc(C)cc1)CCCC3. The summed E-state index contributed by atoms with van der Waals surface area (Å²) < 4.78 is 0. The predicted octanol–water partition coefficient (Wildman–Crippen LogP) is 5.82. The molecule has 3 aromatic rings. The summed E-state index contributed by atoms with van der Waals surface area (Å²) in [6, 6.07) is 8.35. The van der Waals surface area contributed by atoms with E-state index in [1.165, 1.54) is 22.4 Å². The van der Waals surface area contributed by atoms with E-state index in [1.807, 2.05) is 6.92 Å². The van der Waals surface area contributed by atoms with Gasteiger partial charge in [-0.1, -0.05) is 29.8 Å². The van der Waals surface area contributed by atoms with Crippen molar-refractivity contribution in [3.05, 3.63) is 51.5 Å². The van der Waals surface area contributed by atoms with Gasteiger partial charge >= 0.3 is 5.97 Å². The smallest absolute Gasteiger partial charge is 0.314 e. The summed E-state index contributed by atoms with van der Waals surface area (Å²) in [7, 11) is 0. The number of aryl methyl sites for hydroxylation is 4. The minimum atomic E-state index is -1.19. The molecule has 1 aliphatic carbocycles. The monoisotopic (exact) mass is 403 g/mol. The number of carboxylic acid groups (broad SMARTS) is 1. The molecule has 4 heteroatoms. The number of hydrogen-bond donors (Lipinski definition) is 1. The summed E-state index contributed by atoms with van der Waals surface area (Å²) in [5, 5.41) is 11.3. The Morgan fingerprint density at radius 2 is 1.93 bits per heavy atom. The fraction of sp³-hybridized carbons (Fsp3) is 0.360. The van der Waals surface area contributed by atoms with Crippen LogP contribution in [-0.4, -0.2) is 16.1 Å². The first-order valence-corrected chi connectivity index (χ1v) is 10.9. The van der Waals surface area contributed by atoms with Crippen molar-refractivity contribution in [2.45, 2.75) is 58.3 Å². The van der Waals surface area contributed by atoms with Crippen molar-refractivity contribution in [3.63, 3.8) is 0 Å². The van der Waals surface area contributed by atoms with E-state index in [2.05, 4.69) is 37.1 Å². The summed E-state index contributed by atoms with van der Waals surface area (Å²) >= 11 is 1.77. The Kier molecular flexibility index (Phi) is 4.96. The fourth-order valence-electron chi connectivity index (χ4n) is 4.56. The summed E-state index contributed by atoms with van der Waals surface area (Å²) in [6.45, 7) is 5.72. The molecule has 1 aromatic carbocycles. The van der Waals surface area contributed by atoms with E-state index in [4.69, 9.17) is 11.4 Å². The first kappa shape index (κ1) is 19.7. The van der Waals surface area contributed by atoms with Crippen LogP contribution in [0.15, 0.2) is 24.3 Å². The van der Waals surface area contributed by atoms with Crippen LogP contribution in [0.5, 0.6) is 0 Å². The second-order valence-corrected chi connectivity index (χ2v) is 9.31. The molecule has 3 nitrogen and oxygen atoms in total. The first-order valence-electron chi connectivity index (χ1n) is 10.1. The lowest BCUT2D eigenvalue weighted by Crippen LogP contribution is -2.34. The minimum absolute atomic E-state index is 0.127. The van der Waals surface area contributed by atoms with Crippen LogP contribution in [0.2, 0.25) is 0 Å². The molecule has 1 N–H and O–H groups in total. The van der Waals surface area contributed by atoms with Crippen LogP contribution in [0, 0.1) is 26.2 Å². The van der Waals surface area contributed by atoms with Crippen LogP contribution in [0.4, 0.5) is 0 Å². The number of fused-ring (bicyclic) bond motifs is 3. The van der Waals surface area contributed by atoms with Gasteiger partial charge < -0.3 is 5.11 Å². The molecule has 0 saturated heterocycles. The molecule has 148 valence electrons. The number of hydrogen-bond acceptors (Lipinski definition) is 3. The number of thiophene rings is 1. The molecule has 1 atom stereocenters. The van der Waals surface area contributed by atoms with Crippen molar-refractivity contribution in [1.29, 1.82) is 0 Å². The number of pyridine rings is 1. The predicted molar refractivity (Wildman–Crippen MR) is 120 cm³/mol. The Balaban J connectivity index is 2.16. The van der Waals surface area contributed by atoms with Crippen molar-refractivity contribution < 1.29 is 9.90 Å². The van der Waals surface area contributed by atoms with Crippen molar-refractivity contribution in [1.82, 2.24) is 4.98 Å². The quantitative estimate of drug-likeness (QED) is 0.558. The van der Waals surface area contributed by atoms with Crippen LogP contribution in [0.25, 0.3) is 21.3 Å². The molecule has 4 rings (SSSR count). The number of aliphatic carboxylic acids is 1. The number of benzene rings is 1. The molecule has 1 aliphatic rings. The molecule has 2 aromatic heterocycles. The lowest BCUT2D eigenvalue weighted by molar-refractivity contribution is -0.143. The molecule has 1 unspecified atom stereocenters. The van der Waals surface area contributed by atoms with E-state index in [0.717, 1.165) is 51.9 Å². The van der Waals surface area contributed by atoms with Gasteiger partial charge in [-0.15, -0.1) is 23.7 Å². The molecule has 0 amide bonds. The lowest BCUT2D eigenvalue weighted by atomic mass is 9.74. The highest BCUT2D eigenvalue weighted by molar-refractivity contribution is 7.19. The third-order valence-corrected chi connectivity index (χ3v) is 7.29. The first-order chi connectivity index (χ1) is 13.9. The molecule has 0 radical (unpaired) electrons. The molecule has 0 bridgehead atoms. The second kappa shape index (κ2) is 7.31. The average Bonchev–Trinajstić information content (AvgIpc) is 3.05. The Labute approximate surface area is 175 Å². The van der Waals surface area contributed by atoms with Crippen molar-refractivity contribution in [3.8, 4) is 23.5 Å². The Morgan fingerprint density at radius 1 is 1.24 bits per heavy atom. The summed E-state index contributed by atoms with van der Waals surface area (Å²) in [4.78, 5) is 19.8. The van der Waals surface area contributed by atoms with E-state index >= 15 is 0 Å². The number of terminal acetylenes is 1. The number of carboxylic acids is 1. The minimum Gasteiger partial charge on any atom is -0.481 e. The highest BCUT2D eigenvalue weighted by Gasteiger charge is 2.40. The van der Waals surface area contributed by atoms with Gasteiger partial charge in [0.1, 0.15) is 10.2 Å². The third kappa shape index (κ3) is 3.14. The molecule has 29 heavy (non-hydrogen) atoms. The van der Waals surface area contributed by atoms with Gasteiger partial charge in [0.05, 0.1) is 0 Å². The standard InChI is InChI=1S/C25H25NO2S/c1-5-14-25(4,24(27)28)22-16(3)26-23-21(18-8-6-7-9-19(18)29-23)20(22)17-12-10-15(2)11-13-17/h1,10-13H,6-9,14H2,2-4H3,(H,27,28). The van der Waals surface area contributed by atoms with Gasteiger partial charge in [0.15, 0.2) is 0 Å². The van der Waals surface area contributed by atoms with Gasteiger partial charge in [0.2, 0.25) is 0 Å². The molecule has 0 fully saturated rings. The molecule has 0 saturated carbocycles. The molecule has 0 spiro atoms. The molecular formula is C25H25NO2S. The van der Waals surface area contributed by atoms with Gasteiger partial charge in [-0.05, 0) is 68.7 Å². The Bertz CT molecular complexity index is 1150. The number of aromatic nitrogens is 1. The van der Waals surface area contributed by atoms with Crippen LogP contribution >= 0.6 is 11.3 Å². The fourth-order valence-corrected chi connectivity index (χ4v) is 5.88. The maximum Gasteiger partial charge on any atom is 0.314 e. The summed E-state index contributed by atoms with van der Waals surface area (Å²) in [6.07, 6.45) is 10.2. The molecule has 0 aliphatic heterocycles. The summed E-state index contributed by atoms with van der Waals surface area (Å²) in [5.74, 6) is 1.70. The number of nitrogens with zero attached hydrogens (tertiary/aromatic N) is 1. The maximum atomic E-state index is 12.4. The zero-order valence-corrected chi connectivity index (χ0v) is 17.9. The van der Waals surface area contributed by atoms with Crippen molar-refractivity contribution >= 4 is 27.5 Å². The average molecular weight is 404 g/mol. The van der Waals surface area contributed by atoms with Crippen LogP contribution in [0.1, 0.15) is 53.4 Å². The highest BCUT2D eigenvalue weighted by atomic mass is 32.1. The second-order valence-electron chi connectivity index (χ2n) is 8.22. The zero-order valence-electron chi connectivity index (χ0n) is 17.1. The Hall–Kier alpha value is -2.64. The van der Waals surface area contributed by atoms with Gasteiger partial charge in [-0.3, -0.25) is 4.79 Å². The van der Waals surface area contributed by atoms with E-state index in [1.54, 1.807) is 18.3 Å². The van der Waals surface area contributed by atoms with E-state index in [9.17, 15) is 9.90 Å². The highest BCUT2D eigenvalue weighted by Crippen LogP contribution is 2.47. The van der Waals surface area contributed by atoms with E-state index < -0.39 is 11.4 Å². The zero-order chi connectivity index (χ0) is 20.8.